The van der Waals surface area contributed by atoms with Gasteiger partial charge in [0.25, 0.3) is 0 Å². The van der Waals surface area contributed by atoms with Crippen molar-refractivity contribution in [3.05, 3.63) is 35.9 Å². The van der Waals surface area contributed by atoms with E-state index in [2.05, 4.69) is 47.6 Å². The summed E-state index contributed by atoms with van der Waals surface area (Å²) >= 11 is 0. The number of benzene rings is 1. The first-order valence-corrected chi connectivity index (χ1v) is 10.1. The lowest BCUT2D eigenvalue weighted by Crippen LogP contribution is -2.52. The van der Waals surface area contributed by atoms with E-state index >= 15 is 0 Å². The predicted molar refractivity (Wildman–Crippen MR) is 106 cm³/mol. The maximum atomic E-state index is 12.6. The molecule has 2 amide bonds. The molecule has 5 heteroatoms. The van der Waals surface area contributed by atoms with Crippen LogP contribution in [0.1, 0.15) is 37.7 Å². The fraction of sp³-hybridized carbons (Fsp3) is 0.667. The number of hydrogen-bond donors (Lipinski definition) is 2. The third-order valence-electron chi connectivity index (χ3n) is 6.38. The van der Waals surface area contributed by atoms with E-state index in [0.717, 1.165) is 64.7 Å². The highest BCUT2D eigenvalue weighted by Crippen LogP contribution is 2.35. The Hall–Kier alpha value is -1.59. The summed E-state index contributed by atoms with van der Waals surface area (Å²) in [4.78, 5) is 16.9. The Kier molecular flexibility index (Phi) is 6.54. The molecule has 0 spiro atoms. The van der Waals surface area contributed by atoms with Crippen molar-refractivity contribution in [2.24, 2.45) is 11.1 Å². The fourth-order valence-corrected chi connectivity index (χ4v) is 4.21. The van der Waals surface area contributed by atoms with Crippen LogP contribution >= 0.6 is 0 Å². The number of urea groups is 1. The van der Waals surface area contributed by atoms with Crippen LogP contribution < -0.4 is 11.1 Å². The molecule has 2 saturated heterocycles. The number of likely N-dealkylation sites (tertiary alicyclic amines) is 2. The number of aryl methyl sites for hydroxylation is 1. The lowest BCUT2D eigenvalue weighted by atomic mass is 9.74. The molecule has 0 saturated carbocycles. The van der Waals surface area contributed by atoms with E-state index in [-0.39, 0.29) is 11.4 Å². The second-order valence-corrected chi connectivity index (χ2v) is 8.20. The zero-order valence-corrected chi connectivity index (χ0v) is 16.1. The molecule has 0 aromatic heterocycles. The van der Waals surface area contributed by atoms with Crippen molar-refractivity contribution in [3.8, 4) is 0 Å². The van der Waals surface area contributed by atoms with Gasteiger partial charge in [-0.3, -0.25) is 0 Å². The second-order valence-electron chi connectivity index (χ2n) is 8.20. The van der Waals surface area contributed by atoms with Crippen molar-refractivity contribution in [2.75, 3.05) is 39.8 Å². The minimum Gasteiger partial charge on any atom is -0.335 e. The first-order valence-electron chi connectivity index (χ1n) is 10.1. The maximum absolute atomic E-state index is 12.6. The van der Waals surface area contributed by atoms with Crippen LogP contribution in [0.5, 0.6) is 0 Å². The molecule has 0 atom stereocenters. The Morgan fingerprint density at radius 2 is 1.81 bits per heavy atom. The lowest BCUT2D eigenvalue weighted by Gasteiger charge is -2.42. The smallest absolute Gasteiger partial charge is 0.317 e. The molecular weight excluding hydrogens is 324 g/mol. The molecule has 1 aromatic rings. The second kappa shape index (κ2) is 8.87. The molecule has 1 aromatic carbocycles. The van der Waals surface area contributed by atoms with Gasteiger partial charge in [0.2, 0.25) is 0 Å². The highest BCUT2D eigenvalue weighted by Gasteiger charge is 2.35. The van der Waals surface area contributed by atoms with Crippen LogP contribution in [-0.2, 0) is 6.42 Å². The van der Waals surface area contributed by atoms with Gasteiger partial charge >= 0.3 is 6.03 Å². The van der Waals surface area contributed by atoms with Crippen molar-refractivity contribution in [1.29, 1.82) is 0 Å². The summed E-state index contributed by atoms with van der Waals surface area (Å²) in [6, 6.07) is 11.1. The average Bonchev–Trinajstić information content (AvgIpc) is 2.69. The molecule has 2 aliphatic heterocycles. The topological polar surface area (TPSA) is 61.6 Å². The first kappa shape index (κ1) is 19.2. The van der Waals surface area contributed by atoms with E-state index in [1.165, 1.54) is 5.56 Å². The first-order chi connectivity index (χ1) is 12.6. The summed E-state index contributed by atoms with van der Waals surface area (Å²) in [7, 11) is 2.14. The molecule has 3 N–H and O–H groups in total. The van der Waals surface area contributed by atoms with Gasteiger partial charge in [0.15, 0.2) is 0 Å². The number of hydrogen-bond acceptors (Lipinski definition) is 3. The summed E-state index contributed by atoms with van der Waals surface area (Å²) in [5.74, 6) is 0. The van der Waals surface area contributed by atoms with Gasteiger partial charge in [-0.1, -0.05) is 30.3 Å². The Bertz CT molecular complexity index is 561. The van der Waals surface area contributed by atoms with Gasteiger partial charge in [0.05, 0.1) is 0 Å². The van der Waals surface area contributed by atoms with Crippen LogP contribution in [0, 0.1) is 5.41 Å². The summed E-state index contributed by atoms with van der Waals surface area (Å²) in [5, 5.41) is 3.24. The summed E-state index contributed by atoms with van der Waals surface area (Å²) in [6.07, 6.45) is 6.31. The lowest BCUT2D eigenvalue weighted by molar-refractivity contribution is 0.111. The SMILES string of the molecule is CN1CCC(NC(=O)N2CCC(CN)(CCc3ccccc3)CC2)CC1. The third kappa shape index (κ3) is 4.98. The van der Waals surface area contributed by atoms with Crippen LogP contribution in [0.2, 0.25) is 0 Å². The molecular formula is C21H34N4O. The zero-order chi connectivity index (χ0) is 18.4. The van der Waals surface area contributed by atoms with Gasteiger partial charge < -0.3 is 20.9 Å². The van der Waals surface area contributed by atoms with E-state index in [1.807, 2.05) is 4.90 Å². The Labute approximate surface area is 157 Å². The van der Waals surface area contributed by atoms with E-state index in [0.29, 0.717) is 12.6 Å². The van der Waals surface area contributed by atoms with Crippen molar-refractivity contribution in [1.82, 2.24) is 15.1 Å². The van der Waals surface area contributed by atoms with Gasteiger partial charge in [-0.05, 0) is 76.2 Å². The Morgan fingerprint density at radius 1 is 1.15 bits per heavy atom. The number of rotatable bonds is 5. The Morgan fingerprint density at radius 3 is 2.42 bits per heavy atom. The van der Waals surface area contributed by atoms with Crippen LogP contribution in [-0.4, -0.2) is 61.6 Å². The minimum atomic E-state index is 0.119. The molecule has 0 aliphatic carbocycles. The molecule has 26 heavy (non-hydrogen) atoms. The van der Waals surface area contributed by atoms with Crippen molar-refractivity contribution in [3.63, 3.8) is 0 Å². The molecule has 3 rings (SSSR count). The number of carbonyl (C=O) groups excluding carboxylic acids is 1. The highest BCUT2D eigenvalue weighted by atomic mass is 16.2. The molecule has 5 nitrogen and oxygen atoms in total. The summed E-state index contributed by atoms with van der Waals surface area (Å²) < 4.78 is 0. The van der Waals surface area contributed by atoms with Gasteiger partial charge in [-0.25, -0.2) is 4.79 Å². The van der Waals surface area contributed by atoms with Crippen LogP contribution in [0.25, 0.3) is 0 Å². The molecule has 0 unspecified atom stereocenters. The molecule has 2 heterocycles. The number of nitrogens with two attached hydrogens (primary N) is 1. The van der Waals surface area contributed by atoms with Crippen molar-refractivity contribution in [2.45, 2.75) is 44.6 Å². The van der Waals surface area contributed by atoms with E-state index in [1.54, 1.807) is 0 Å². The maximum Gasteiger partial charge on any atom is 0.317 e. The van der Waals surface area contributed by atoms with Crippen molar-refractivity contribution < 1.29 is 4.79 Å². The van der Waals surface area contributed by atoms with E-state index in [4.69, 9.17) is 5.73 Å². The Balaban J connectivity index is 1.46. The minimum absolute atomic E-state index is 0.119. The average molecular weight is 359 g/mol. The number of nitrogens with one attached hydrogen (secondary N) is 1. The van der Waals surface area contributed by atoms with Gasteiger partial charge in [-0.2, -0.15) is 0 Å². The van der Waals surface area contributed by atoms with Gasteiger partial charge in [0.1, 0.15) is 0 Å². The highest BCUT2D eigenvalue weighted by molar-refractivity contribution is 5.74. The van der Waals surface area contributed by atoms with E-state index in [9.17, 15) is 4.79 Å². The normalized spacial score (nSPS) is 21.5. The number of carbonyl (C=O) groups is 1. The van der Waals surface area contributed by atoms with Crippen LogP contribution in [0.3, 0.4) is 0 Å². The molecule has 2 aliphatic rings. The third-order valence-corrected chi connectivity index (χ3v) is 6.38. The van der Waals surface area contributed by atoms with Gasteiger partial charge in [0, 0.05) is 19.1 Å². The monoisotopic (exact) mass is 358 g/mol. The predicted octanol–water partition coefficient (Wildman–Crippen LogP) is 2.46. The molecule has 2 fully saturated rings. The van der Waals surface area contributed by atoms with Crippen molar-refractivity contribution >= 4 is 6.03 Å². The fourth-order valence-electron chi connectivity index (χ4n) is 4.21. The van der Waals surface area contributed by atoms with Crippen LogP contribution in [0.15, 0.2) is 30.3 Å². The number of nitrogens with zero attached hydrogens (tertiary/aromatic N) is 2. The van der Waals surface area contributed by atoms with Gasteiger partial charge in [-0.15, -0.1) is 0 Å². The molecule has 0 radical (unpaired) electrons. The molecule has 144 valence electrons. The molecule has 0 bridgehead atoms. The zero-order valence-electron chi connectivity index (χ0n) is 16.1. The summed E-state index contributed by atoms with van der Waals surface area (Å²) in [6.45, 7) is 4.50. The van der Waals surface area contributed by atoms with E-state index < -0.39 is 0 Å². The largest absolute Gasteiger partial charge is 0.335 e. The standard InChI is InChI=1S/C21H34N4O/c1-24-13-8-19(9-14-24)23-20(26)25-15-11-21(17-22,12-16-25)10-7-18-5-3-2-4-6-18/h2-6,19H,7-17,22H2,1H3,(H,23,26). The van der Waals surface area contributed by atoms with Crippen LogP contribution in [0.4, 0.5) is 4.79 Å². The summed E-state index contributed by atoms with van der Waals surface area (Å²) in [5.41, 5.74) is 7.72. The quantitative estimate of drug-likeness (QED) is 0.850. The number of amides is 2. The number of piperidine rings is 2.